The normalized spacial score (nSPS) is 10.6. The lowest BCUT2D eigenvalue weighted by Gasteiger charge is -2.16. The summed E-state index contributed by atoms with van der Waals surface area (Å²) >= 11 is 1.69. The van der Waals surface area contributed by atoms with Crippen LogP contribution in [0.3, 0.4) is 0 Å². The van der Waals surface area contributed by atoms with Crippen LogP contribution < -0.4 is 0 Å². The van der Waals surface area contributed by atoms with E-state index in [1.54, 1.807) is 16.2 Å². The van der Waals surface area contributed by atoms with Crippen LogP contribution in [0.25, 0.3) is 0 Å². The summed E-state index contributed by atoms with van der Waals surface area (Å²) in [5.74, 6) is 0.166. The van der Waals surface area contributed by atoms with Gasteiger partial charge in [0.05, 0.1) is 10.7 Å². The average molecular weight is 288 g/mol. The van der Waals surface area contributed by atoms with Gasteiger partial charge in [-0.15, -0.1) is 11.3 Å². The summed E-state index contributed by atoms with van der Waals surface area (Å²) in [6, 6.07) is 10.1. The van der Waals surface area contributed by atoms with E-state index in [0.29, 0.717) is 13.0 Å². The Bertz CT molecular complexity index is 558. The van der Waals surface area contributed by atoms with Crippen LogP contribution in [0.5, 0.6) is 0 Å². The number of benzene rings is 1. The van der Waals surface area contributed by atoms with Crippen LogP contribution in [-0.4, -0.2) is 22.8 Å². The molecule has 2 aromatic rings. The van der Waals surface area contributed by atoms with Gasteiger partial charge in [0.1, 0.15) is 0 Å². The first-order valence-electron chi connectivity index (χ1n) is 6.77. The Balaban J connectivity index is 1.85. The van der Waals surface area contributed by atoms with Crippen LogP contribution in [0.15, 0.2) is 30.3 Å². The molecule has 2 rings (SSSR count). The van der Waals surface area contributed by atoms with Gasteiger partial charge in [0, 0.05) is 31.3 Å². The van der Waals surface area contributed by atoms with Crippen LogP contribution in [0.4, 0.5) is 0 Å². The second kappa shape index (κ2) is 6.66. The number of rotatable bonds is 5. The first kappa shape index (κ1) is 14.7. The maximum Gasteiger partial charge on any atom is 0.223 e. The lowest BCUT2D eigenvalue weighted by Crippen LogP contribution is -2.26. The third-order valence-corrected chi connectivity index (χ3v) is 4.45. The minimum Gasteiger partial charge on any atom is -0.341 e. The van der Waals surface area contributed by atoms with Crippen LogP contribution in [0, 0.1) is 13.8 Å². The van der Waals surface area contributed by atoms with Crippen molar-refractivity contribution in [3.05, 3.63) is 51.5 Å². The number of carbonyl (C=O) groups excluding carboxylic acids is 1. The molecule has 1 heterocycles. The molecule has 0 radical (unpaired) electrons. The number of aromatic nitrogens is 1. The summed E-state index contributed by atoms with van der Waals surface area (Å²) in [5, 5.41) is 1.06. The highest BCUT2D eigenvalue weighted by Gasteiger charge is 2.11. The van der Waals surface area contributed by atoms with Gasteiger partial charge in [-0.05, 0) is 19.4 Å². The minimum absolute atomic E-state index is 0.166. The lowest BCUT2D eigenvalue weighted by molar-refractivity contribution is -0.130. The van der Waals surface area contributed by atoms with Gasteiger partial charge in [0.15, 0.2) is 0 Å². The second-order valence-electron chi connectivity index (χ2n) is 4.98. The molecule has 0 aliphatic heterocycles. The summed E-state index contributed by atoms with van der Waals surface area (Å²) < 4.78 is 0. The van der Waals surface area contributed by atoms with Crippen LogP contribution in [0.2, 0.25) is 0 Å². The second-order valence-corrected chi connectivity index (χ2v) is 6.27. The van der Waals surface area contributed by atoms with Gasteiger partial charge in [-0.1, -0.05) is 30.3 Å². The molecule has 0 fully saturated rings. The van der Waals surface area contributed by atoms with Gasteiger partial charge in [0.25, 0.3) is 0 Å². The Kier molecular flexibility index (Phi) is 4.90. The fourth-order valence-corrected chi connectivity index (χ4v) is 2.93. The van der Waals surface area contributed by atoms with Crippen molar-refractivity contribution in [1.29, 1.82) is 0 Å². The van der Waals surface area contributed by atoms with Crippen molar-refractivity contribution in [2.75, 3.05) is 7.05 Å². The molecule has 3 nitrogen and oxygen atoms in total. The number of carbonyl (C=O) groups is 1. The third kappa shape index (κ3) is 3.90. The predicted octanol–water partition coefficient (Wildman–Crippen LogP) is 3.35. The molecule has 0 aliphatic rings. The number of aryl methyl sites for hydroxylation is 3. The molecule has 1 amide bonds. The molecule has 4 heteroatoms. The molecule has 106 valence electrons. The zero-order valence-corrected chi connectivity index (χ0v) is 13.0. The van der Waals surface area contributed by atoms with E-state index in [0.717, 1.165) is 22.7 Å². The van der Waals surface area contributed by atoms with Crippen molar-refractivity contribution in [3.8, 4) is 0 Å². The average Bonchev–Trinajstić information content (AvgIpc) is 2.76. The van der Waals surface area contributed by atoms with E-state index in [2.05, 4.69) is 11.9 Å². The number of nitrogens with zero attached hydrogens (tertiary/aromatic N) is 2. The van der Waals surface area contributed by atoms with Crippen molar-refractivity contribution in [2.24, 2.45) is 0 Å². The summed E-state index contributed by atoms with van der Waals surface area (Å²) in [4.78, 5) is 19.6. The highest BCUT2D eigenvalue weighted by Crippen LogP contribution is 2.18. The van der Waals surface area contributed by atoms with E-state index in [9.17, 15) is 4.79 Å². The number of hydrogen-bond acceptors (Lipinski definition) is 3. The monoisotopic (exact) mass is 288 g/mol. The molecular formula is C16H20N2OS. The molecular weight excluding hydrogens is 268 g/mol. The molecule has 0 N–H and O–H groups in total. The maximum atomic E-state index is 12.1. The molecule has 0 spiro atoms. The molecule has 20 heavy (non-hydrogen) atoms. The highest BCUT2D eigenvalue weighted by molar-refractivity contribution is 7.11. The van der Waals surface area contributed by atoms with Gasteiger partial charge in [0.2, 0.25) is 5.91 Å². The summed E-state index contributed by atoms with van der Waals surface area (Å²) in [7, 11) is 1.85. The van der Waals surface area contributed by atoms with Crippen molar-refractivity contribution in [2.45, 2.75) is 33.2 Å². The summed E-state index contributed by atoms with van der Waals surface area (Å²) in [6.45, 7) is 4.74. The molecule has 1 aromatic carbocycles. The Morgan fingerprint density at radius 3 is 2.55 bits per heavy atom. The Morgan fingerprint density at radius 2 is 1.95 bits per heavy atom. The van der Waals surface area contributed by atoms with Crippen LogP contribution in [-0.2, 0) is 17.8 Å². The van der Waals surface area contributed by atoms with Gasteiger partial charge in [-0.25, -0.2) is 4.98 Å². The standard InChI is InChI=1S/C16H20N2OS/c1-12-13(2)20-15(17-12)9-10-16(19)18(3)11-14-7-5-4-6-8-14/h4-8H,9-11H2,1-3H3. The smallest absolute Gasteiger partial charge is 0.223 e. The molecule has 0 aliphatic carbocycles. The Hall–Kier alpha value is -1.68. The van der Waals surface area contributed by atoms with E-state index < -0.39 is 0 Å². The molecule has 0 bridgehead atoms. The molecule has 0 unspecified atom stereocenters. The Labute approximate surface area is 124 Å². The van der Waals surface area contributed by atoms with Crippen LogP contribution >= 0.6 is 11.3 Å². The predicted molar refractivity (Wildman–Crippen MR) is 82.8 cm³/mol. The van der Waals surface area contributed by atoms with E-state index >= 15 is 0 Å². The van der Waals surface area contributed by atoms with Gasteiger partial charge >= 0.3 is 0 Å². The van der Waals surface area contributed by atoms with Crippen molar-refractivity contribution < 1.29 is 4.79 Å². The summed E-state index contributed by atoms with van der Waals surface area (Å²) in [6.07, 6.45) is 1.26. The summed E-state index contributed by atoms with van der Waals surface area (Å²) in [5.41, 5.74) is 2.24. The molecule has 0 atom stereocenters. The number of amides is 1. The van der Waals surface area contributed by atoms with Crippen molar-refractivity contribution in [1.82, 2.24) is 9.88 Å². The molecule has 0 saturated carbocycles. The SMILES string of the molecule is Cc1nc(CCC(=O)N(C)Cc2ccccc2)sc1C. The van der Waals surface area contributed by atoms with Gasteiger partial charge in [-0.2, -0.15) is 0 Å². The first-order valence-corrected chi connectivity index (χ1v) is 7.58. The number of thiazole rings is 1. The van der Waals surface area contributed by atoms with Gasteiger partial charge in [-0.3, -0.25) is 4.79 Å². The molecule has 0 saturated heterocycles. The zero-order chi connectivity index (χ0) is 14.5. The quantitative estimate of drug-likeness (QED) is 0.845. The maximum absolute atomic E-state index is 12.1. The third-order valence-electron chi connectivity index (χ3n) is 3.31. The lowest BCUT2D eigenvalue weighted by atomic mass is 10.2. The minimum atomic E-state index is 0.166. The van der Waals surface area contributed by atoms with E-state index in [4.69, 9.17) is 0 Å². The van der Waals surface area contributed by atoms with Crippen molar-refractivity contribution >= 4 is 17.2 Å². The zero-order valence-electron chi connectivity index (χ0n) is 12.2. The topological polar surface area (TPSA) is 33.2 Å². The molecule has 1 aromatic heterocycles. The number of hydrogen-bond donors (Lipinski definition) is 0. The fraction of sp³-hybridized carbons (Fsp3) is 0.375. The largest absolute Gasteiger partial charge is 0.341 e. The highest BCUT2D eigenvalue weighted by atomic mass is 32.1. The van der Waals surface area contributed by atoms with Crippen molar-refractivity contribution in [3.63, 3.8) is 0 Å². The first-order chi connectivity index (χ1) is 9.56. The fourth-order valence-electron chi connectivity index (χ4n) is 2.00. The van der Waals surface area contributed by atoms with Gasteiger partial charge < -0.3 is 4.90 Å². The van der Waals surface area contributed by atoms with E-state index in [1.165, 1.54) is 4.88 Å². The Morgan fingerprint density at radius 1 is 1.25 bits per heavy atom. The van der Waals surface area contributed by atoms with E-state index in [-0.39, 0.29) is 5.91 Å². The van der Waals surface area contributed by atoms with Crippen LogP contribution in [0.1, 0.15) is 27.6 Å². The van der Waals surface area contributed by atoms with E-state index in [1.807, 2.05) is 44.3 Å².